The topological polar surface area (TPSA) is 76.3 Å². The molecule has 1 aliphatic rings. The molecule has 2 rings (SSSR count). The summed E-state index contributed by atoms with van der Waals surface area (Å²) in [4.78, 5) is 27.4. The Bertz CT molecular complexity index is 606. The van der Waals surface area contributed by atoms with Crippen LogP contribution < -0.4 is 5.84 Å². The quantitative estimate of drug-likeness (QED) is 0.284. The van der Waals surface area contributed by atoms with Crippen molar-refractivity contribution < 1.29 is 9.59 Å². The molecule has 0 aromatic carbocycles. The molecule has 0 saturated carbocycles. The molecule has 0 radical (unpaired) electrons. The maximum Gasteiger partial charge on any atom is 0.272 e. The van der Waals surface area contributed by atoms with E-state index in [1.54, 1.807) is 24.3 Å². The van der Waals surface area contributed by atoms with E-state index in [2.05, 4.69) is 27.6 Å². The molecular weight excluding hydrogens is 357 g/mol. The van der Waals surface area contributed by atoms with Gasteiger partial charge in [-0.05, 0) is 53.0 Å². The summed E-state index contributed by atoms with van der Waals surface area (Å²) in [5, 5.41) is 0.905. The SMILES string of the molecule is NN(C=C1C=C(I)C=CC1=O)C(=O)c1ccncc1. The van der Waals surface area contributed by atoms with Crippen molar-refractivity contribution in [2.45, 2.75) is 0 Å². The minimum absolute atomic E-state index is 0.182. The Morgan fingerprint density at radius 2 is 2.00 bits per heavy atom. The summed E-state index contributed by atoms with van der Waals surface area (Å²) in [6, 6.07) is 3.12. The van der Waals surface area contributed by atoms with E-state index in [0.29, 0.717) is 11.1 Å². The zero-order valence-electron chi connectivity index (χ0n) is 9.79. The molecule has 1 aromatic heterocycles. The van der Waals surface area contributed by atoms with Crippen LogP contribution in [0.2, 0.25) is 0 Å². The van der Waals surface area contributed by atoms with Crippen molar-refractivity contribution in [3.8, 4) is 0 Å². The van der Waals surface area contributed by atoms with Gasteiger partial charge >= 0.3 is 0 Å². The molecule has 6 heteroatoms. The Kier molecular flexibility index (Phi) is 4.23. The van der Waals surface area contributed by atoms with Crippen molar-refractivity contribution in [2.24, 2.45) is 5.84 Å². The highest BCUT2D eigenvalue weighted by Crippen LogP contribution is 2.18. The molecule has 19 heavy (non-hydrogen) atoms. The van der Waals surface area contributed by atoms with Gasteiger partial charge in [0.15, 0.2) is 5.78 Å². The average molecular weight is 367 g/mol. The number of rotatable bonds is 2. The highest BCUT2D eigenvalue weighted by atomic mass is 127. The minimum Gasteiger partial charge on any atom is -0.289 e. The average Bonchev–Trinajstić information content (AvgIpc) is 2.43. The van der Waals surface area contributed by atoms with E-state index in [1.807, 2.05) is 0 Å². The molecule has 0 unspecified atom stereocenters. The van der Waals surface area contributed by atoms with Gasteiger partial charge in [-0.1, -0.05) is 0 Å². The Balaban J connectivity index is 2.22. The number of pyridine rings is 1. The number of nitrogens with zero attached hydrogens (tertiary/aromatic N) is 2. The fraction of sp³-hybridized carbons (Fsp3) is 0. The third-order valence-electron chi connectivity index (χ3n) is 2.41. The zero-order chi connectivity index (χ0) is 13.8. The van der Waals surface area contributed by atoms with Crippen molar-refractivity contribution in [1.82, 2.24) is 9.99 Å². The number of amides is 1. The van der Waals surface area contributed by atoms with Gasteiger partial charge in [0.05, 0.1) is 0 Å². The summed E-state index contributed by atoms with van der Waals surface area (Å²) in [5.41, 5.74) is 0.781. The fourth-order valence-electron chi connectivity index (χ4n) is 1.47. The van der Waals surface area contributed by atoms with Gasteiger partial charge < -0.3 is 0 Å². The summed E-state index contributed by atoms with van der Waals surface area (Å²) in [6.45, 7) is 0. The zero-order valence-corrected chi connectivity index (χ0v) is 11.9. The van der Waals surface area contributed by atoms with E-state index in [-0.39, 0.29) is 5.78 Å². The summed E-state index contributed by atoms with van der Waals surface area (Å²) >= 11 is 2.09. The highest BCUT2D eigenvalue weighted by molar-refractivity contribution is 14.1. The van der Waals surface area contributed by atoms with Crippen LogP contribution in [0.3, 0.4) is 0 Å². The second-order valence-corrected chi connectivity index (χ2v) is 5.01. The summed E-state index contributed by atoms with van der Waals surface area (Å²) in [7, 11) is 0. The molecule has 2 N–H and O–H groups in total. The van der Waals surface area contributed by atoms with Gasteiger partial charge in [-0.15, -0.1) is 0 Å². The Labute approximate surface area is 123 Å². The normalized spacial score (nSPS) is 16.4. The molecule has 0 atom stereocenters. The Morgan fingerprint density at radius 1 is 1.32 bits per heavy atom. The number of allylic oxidation sites excluding steroid dienone is 5. The number of carbonyl (C=O) groups excluding carboxylic acids is 2. The van der Waals surface area contributed by atoms with Gasteiger partial charge in [-0.25, -0.2) is 5.84 Å². The predicted molar refractivity (Wildman–Crippen MR) is 78.9 cm³/mol. The van der Waals surface area contributed by atoms with Crippen molar-refractivity contribution in [2.75, 3.05) is 0 Å². The van der Waals surface area contributed by atoms with Crippen LogP contribution in [0.4, 0.5) is 0 Å². The number of hydrogen-bond acceptors (Lipinski definition) is 4. The maximum absolute atomic E-state index is 12.0. The van der Waals surface area contributed by atoms with Crippen LogP contribution >= 0.6 is 22.6 Å². The van der Waals surface area contributed by atoms with E-state index in [0.717, 1.165) is 8.59 Å². The number of carbonyl (C=O) groups is 2. The van der Waals surface area contributed by atoms with Crippen LogP contribution in [0, 0.1) is 0 Å². The molecule has 96 valence electrons. The molecule has 0 bridgehead atoms. The van der Waals surface area contributed by atoms with Gasteiger partial charge in [0.2, 0.25) is 0 Å². The summed E-state index contributed by atoms with van der Waals surface area (Å²) < 4.78 is 0.896. The second kappa shape index (κ2) is 5.89. The largest absolute Gasteiger partial charge is 0.289 e. The number of halogens is 1. The first kappa shape index (κ1) is 13.6. The number of aromatic nitrogens is 1. The van der Waals surface area contributed by atoms with Crippen LogP contribution in [0.25, 0.3) is 0 Å². The lowest BCUT2D eigenvalue weighted by atomic mass is 10.1. The van der Waals surface area contributed by atoms with Crippen molar-refractivity contribution in [3.63, 3.8) is 0 Å². The molecule has 5 nitrogen and oxygen atoms in total. The summed E-state index contributed by atoms with van der Waals surface area (Å²) in [5.74, 6) is 5.08. The minimum atomic E-state index is -0.402. The van der Waals surface area contributed by atoms with Gasteiger partial charge in [-0.3, -0.25) is 19.6 Å². The second-order valence-electron chi connectivity index (χ2n) is 3.76. The summed E-state index contributed by atoms with van der Waals surface area (Å²) in [6.07, 6.45) is 9.15. The molecule has 0 fully saturated rings. The van der Waals surface area contributed by atoms with Crippen LogP contribution in [0.15, 0.2) is 58.1 Å². The number of hydrogen-bond donors (Lipinski definition) is 1. The van der Waals surface area contributed by atoms with Gasteiger partial charge in [-0.2, -0.15) is 0 Å². The van der Waals surface area contributed by atoms with E-state index in [4.69, 9.17) is 5.84 Å². The van der Waals surface area contributed by atoms with Crippen LogP contribution in [0.5, 0.6) is 0 Å². The lowest BCUT2D eigenvalue weighted by Gasteiger charge is -2.13. The first-order valence-corrected chi connectivity index (χ1v) is 6.45. The van der Waals surface area contributed by atoms with Crippen LogP contribution in [0.1, 0.15) is 10.4 Å². The van der Waals surface area contributed by atoms with Gasteiger partial charge in [0.25, 0.3) is 5.91 Å². The molecule has 1 amide bonds. The fourth-order valence-corrected chi connectivity index (χ4v) is 1.99. The first-order valence-electron chi connectivity index (χ1n) is 5.37. The van der Waals surface area contributed by atoms with E-state index in [9.17, 15) is 9.59 Å². The highest BCUT2D eigenvalue weighted by Gasteiger charge is 2.14. The number of hydrazine groups is 1. The molecule has 1 aromatic rings. The van der Waals surface area contributed by atoms with Crippen molar-refractivity contribution in [1.29, 1.82) is 0 Å². The van der Waals surface area contributed by atoms with Crippen molar-refractivity contribution in [3.05, 3.63) is 63.7 Å². The third kappa shape index (κ3) is 3.36. The smallest absolute Gasteiger partial charge is 0.272 e. The lowest BCUT2D eigenvalue weighted by Crippen LogP contribution is -2.33. The van der Waals surface area contributed by atoms with Crippen LogP contribution in [-0.4, -0.2) is 21.7 Å². The van der Waals surface area contributed by atoms with E-state index in [1.165, 1.54) is 24.7 Å². The third-order valence-corrected chi connectivity index (χ3v) is 3.08. The monoisotopic (exact) mass is 367 g/mol. The molecular formula is C13H10IN3O2. The lowest BCUT2D eigenvalue weighted by molar-refractivity contribution is -0.111. The number of ketones is 1. The van der Waals surface area contributed by atoms with E-state index >= 15 is 0 Å². The Hall–Kier alpha value is -1.80. The Morgan fingerprint density at radius 3 is 2.68 bits per heavy atom. The molecule has 0 spiro atoms. The van der Waals surface area contributed by atoms with Gasteiger partial charge in [0.1, 0.15) is 0 Å². The van der Waals surface area contributed by atoms with Crippen LogP contribution in [-0.2, 0) is 4.79 Å². The van der Waals surface area contributed by atoms with Crippen molar-refractivity contribution >= 4 is 34.3 Å². The predicted octanol–water partition coefficient (Wildman–Crippen LogP) is 1.74. The first-order chi connectivity index (χ1) is 9.08. The molecule has 0 saturated heterocycles. The van der Waals surface area contributed by atoms with Gasteiger partial charge in [0, 0.05) is 33.3 Å². The number of nitrogens with two attached hydrogens (primary N) is 1. The maximum atomic E-state index is 12.0. The van der Waals surface area contributed by atoms with E-state index < -0.39 is 5.91 Å². The molecule has 1 heterocycles. The standard InChI is InChI=1S/C13H10IN3O2/c14-11-1-2-12(18)10(7-11)8-17(15)13(19)9-3-5-16-6-4-9/h1-8H,15H2. The molecule has 1 aliphatic carbocycles. The molecule has 0 aliphatic heterocycles.